The van der Waals surface area contributed by atoms with E-state index in [4.69, 9.17) is 9.39 Å². The molecule has 0 radical (unpaired) electrons. The third-order valence-electron chi connectivity index (χ3n) is 3.32. The molecule has 0 atom stereocenters. The van der Waals surface area contributed by atoms with E-state index in [9.17, 15) is 0 Å². The van der Waals surface area contributed by atoms with Crippen molar-refractivity contribution in [3.05, 3.63) is 54.6 Å². The molecule has 0 aliphatic rings. The highest BCUT2D eigenvalue weighted by atomic mass is 16.5. The Labute approximate surface area is 127 Å². The van der Waals surface area contributed by atoms with Crippen molar-refractivity contribution >= 4 is 17.8 Å². The van der Waals surface area contributed by atoms with Gasteiger partial charge in [-0.25, -0.2) is 0 Å². The summed E-state index contributed by atoms with van der Waals surface area (Å²) in [4.78, 5) is 2.12. The SMILES string of the molecule is COc1cccc(B(OCCN(C)C)c2ccccc2)c1. The summed E-state index contributed by atoms with van der Waals surface area (Å²) < 4.78 is 11.4. The Morgan fingerprint density at radius 2 is 1.67 bits per heavy atom. The van der Waals surface area contributed by atoms with Crippen molar-refractivity contribution in [2.45, 2.75) is 0 Å². The summed E-state index contributed by atoms with van der Waals surface area (Å²) in [6.07, 6.45) is 0. The molecule has 0 bridgehead atoms. The maximum absolute atomic E-state index is 6.13. The Hall–Kier alpha value is -1.78. The lowest BCUT2D eigenvalue weighted by molar-refractivity contribution is 0.269. The normalized spacial score (nSPS) is 10.7. The highest BCUT2D eigenvalue weighted by Gasteiger charge is 2.21. The molecule has 0 fully saturated rings. The quantitative estimate of drug-likeness (QED) is 0.717. The van der Waals surface area contributed by atoms with Gasteiger partial charge in [-0.1, -0.05) is 42.5 Å². The van der Waals surface area contributed by atoms with Crippen LogP contribution in [-0.2, 0) is 4.65 Å². The first-order valence-corrected chi connectivity index (χ1v) is 7.16. The highest BCUT2D eigenvalue weighted by molar-refractivity contribution is 6.80. The number of nitrogens with zero attached hydrogens (tertiary/aromatic N) is 1. The van der Waals surface area contributed by atoms with Gasteiger partial charge in [0.1, 0.15) is 5.75 Å². The molecule has 0 unspecified atom stereocenters. The molecule has 110 valence electrons. The van der Waals surface area contributed by atoms with E-state index in [0.717, 1.165) is 23.2 Å². The second-order valence-electron chi connectivity index (χ2n) is 5.24. The fourth-order valence-corrected chi connectivity index (χ4v) is 2.17. The van der Waals surface area contributed by atoms with Gasteiger partial charge in [0, 0.05) is 13.2 Å². The number of likely N-dealkylation sites (N-methyl/N-ethyl adjacent to an activating group) is 1. The standard InChI is InChI=1S/C17H22BNO2/c1-19(2)12-13-21-18(15-8-5-4-6-9-15)16-10-7-11-17(14-16)20-3/h4-11,14H,12-13H2,1-3H3. The zero-order valence-corrected chi connectivity index (χ0v) is 13.0. The van der Waals surface area contributed by atoms with Crippen LogP contribution in [0.2, 0.25) is 0 Å². The molecule has 2 aromatic carbocycles. The molecule has 4 heteroatoms. The fraction of sp³-hybridized carbons (Fsp3) is 0.294. The number of ether oxygens (including phenoxy) is 1. The zero-order chi connectivity index (χ0) is 15.1. The molecule has 0 saturated heterocycles. The van der Waals surface area contributed by atoms with Crippen LogP contribution in [0.15, 0.2) is 54.6 Å². The van der Waals surface area contributed by atoms with Crippen LogP contribution in [0.1, 0.15) is 0 Å². The zero-order valence-electron chi connectivity index (χ0n) is 13.0. The van der Waals surface area contributed by atoms with Crippen molar-refractivity contribution in [1.82, 2.24) is 4.90 Å². The smallest absolute Gasteiger partial charge is 0.361 e. The van der Waals surface area contributed by atoms with Gasteiger partial charge >= 0.3 is 6.92 Å². The van der Waals surface area contributed by atoms with Crippen molar-refractivity contribution in [3.8, 4) is 5.75 Å². The molecule has 0 aliphatic heterocycles. The molecule has 0 N–H and O–H groups in total. The molecule has 3 nitrogen and oxygen atoms in total. The van der Waals surface area contributed by atoms with Gasteiger partial charge in [-0.15, -0.1) is 0 Å². The average molecular weight is 283 g/mol. The highest BCUT2D eigenvalue weighted by Crippen LogP contribution is 2.07. The van der Waals surface area contributed by atoms with Crippen LogP contribution in [-0.4, -0.2) is 46.2 Å². The Balaban J connectivity index is 2.22. The van der Waals surface area contributed by atoms with Gasteiger partial charge in [-0.2, -0.15) is 0 Å². The molecule has 2 aromatic rings. The third-order valence-corrected chi connectivity index (χ3v) is 3.32. The van der Waals surface area contributed by atoms with Crippen LogP contribution >= 0.6 is 0 Å². The van der Waals surface area contributed by atoms with Crippen LogP contribution in [0.5, 0.6) is 5.75 Å². The summed E-state index contributed by atoms with van der Waals surface area (Å²) in [5, 5.41) is 0. The van der Waals surface area contributed by atoms with E-state index in [-0.39, 0.29) is 6.92 Å². The minimum atomic E-state index is -0.0683. The fourth-order valence-electron chi connectivity index (χ4n) is 2.17. The van der Waals surface area contributed by atoms with Crippen LogP contribution in [0, 0.1) is 0 Å². The van der Waals surface area contributed by atoms with E-state index >= 15 is 0 Å². The molecule has 0 aromatic heterocycles. The Morgan fingerprint density at radius 1 is 0.952 bits per heavy atom. The first kappa shape index (κ1) is 15.6. The van der Waals surface area contributed by atoms with Crippen molar-refractivity contribution in [3.63, 3.8) is 0 Å². The lowest BCUT2D eigenvalue weighted by Crippen LogP contribution is -2.46. The summed E-state index contributed by atoms with van der Waals surface area (Å²) in [7, 11) is 5.78. The number of benzene rings is 2. The molecular weight excluding hydrogens is 261 g/mol. The number of hydrogen-bond acceptors (Lipinski definition) is 3. The van der Waals surface area contributed by atoms with E-state index in [2.05, 4.69) is 23.1 Å². The summed E-state index contributed by atoms with van der Waals surface area (Å²) in [6.45, 7) is 1.51. The molecule has 0 aliphatic carbocycles. The predicted molar refractivity (Wildman–Crippen MR) is 89.0 cm³/mol. The van der Waals surface area contributed by atoms with Gasteiger partial charge in [-0.05, 0) is 37.2 Å². The van der Waals surface area contributed by atoms with E-state index < -0.39 is 0 Å². The topological polar surface area (TPSA) is 21.7 Å². The predicted octanol–water partition coefficient (Wildman–Crippen LogP) is 1.38. The third kappa shape index (κ3) is 4.62. The minimum Gasteiger partial charge on any atom is -0.497 e. The lowest BCUT2D eigenvalue weighted by Gasteiger charge is -2.17. The Morgan fingerprint density at radius 3 is 2.33 bits per heavy atom. The average Bonchev–Trinajstić information content (AvgIpc) is 2.52. The molecule has 2 rings (SSSR count). The van der Waals surface area contributed by atoms with Crippen molar-refractivity contribution in [1.29, 1.82) is 0 Å². The number of rotatable bonds is 7. The van der Waals surface area contributed by atoms with Crippen LogP contribution in [0.4, 0.5) is 0 Å². The Kier molecular flexibility index (Phi) is 5.84. The van der Waals surface area contributed by atoms with Crippen LogP contribution in [0.25, 0.3) is 0 Å². The van der Waals surface area contributed by atoms with E-state index in [1.165, 1.54) is 0 Å². The largest absolute Gasteiger partial charge is 0.497 e. The molecule has 0 heterocycles. The Bertz CT molecular complexity index is 545. The summed E-state index contributed by atoms with van der Waals surface area (Å²) in [5.41, 5.74) is 2.27. The van der Waals surface area contributed by atoms with Crippen LogP contribution in [0.3, 0.4) is 0 Å². The second-order valence-corrected chi connectivity index (χ2v) is 5.24. The maximum Gasteiger partial charge on any atom is 0.361 e. The van der Waals surface area contributed by atoms with E-state index in [1.807, 2.05) is 50.5 Å². The summed E-state index contributed by atoms with van der Waals surface area (Å²) >= 11 is 0. The monoisotopic (exact) mass is 283 g/mol. The lowest BCUT2D eigenvalue weighted by atomic mass is 9.55. The molecular formula is C17H22BNO2. The maximum atomic E-state index is 6.13. The van der Waals surface area contributed by atoms with Gasteiger partial charge in [0.05, 0.1) is 7.11 Å². The second kappa shape index (κ2) is 7.86. The number of methoxy groups -OCH3 is 1. The molecule has 0 saturated carbocycles. The molecule has 21 heavy (non-hydrogen) atoms. The van der Waals surface area contributed by atoms with Crippen molar-refractivity contribution < 1.29 is 9.39 Å². The minimum absolute atomic E-state index is 0.0683. The summed E-state index contributed by atoms with van der Waals surface area (Å²) in [6, 6.07) is 18.4. The van der Waals surface area contributed by atoms with Crippen molar-refractivity contribution in [2.75, 3.05) is 34.4 Å². The van der Waals surface area contributed by atoms with Gasteiger partial charge in [0.2, 0.25) is 0 Å². The van der Waals surface area contributed by atoms with E-state index in [1.54, 1.807) is 7.11 Å². The van der Waals surface area contributed by atoms with Gasteiger partial charge < -0.3 is 14.3 Å². The van der Waals surface area contributed by atoms with E-state index in [0.29, 0.717) is 6.61 Å². The van der Waals surface area contributed by atoms with Gasteiger partial charge in [-0.3, -0.25) is 0 Å². The first-order chi connectivity index (χ1) is 10.2. The van der Waals surface area contributed by atoms with Crippen molar-refractivity contribution in [2.24, 2.45) is 0 Å². The molecule has 0 spiro atoms. The van der Waals surface area contributed by atoms with Crippen LogP contribution < -0.4 is 15.7 Å². The number of hydrogen-bond donors (Lipinski definition) is 0. The first-order valence-electron chi connectivity index (χ1n) is 7.16. The molecule has 0 amide bonds. The summed E-state index contributed by atoms with van der Waals surface area (Å²) in [5.74, 6) is 0.852. The van der Waals surface area contributed by atoms with Gasteiger partial charge in [0.25, 0.3) is 0 Å². The van der Waals surface area contributed by atoms with Gasteiger partial charge in [0.15, 0.2) is 0 Å².